The van der Waals surface area contributed by atoms with Crippen LogP contribution in [0.1, 0.15) is 26.7 Å². The Kier molecular flexibility index (Phi) is 6.09. The highest BCUT2D eigenvalue weighted by molar-refractivity contribution is 5.86. The molecule has 0 saturated heterocycles. The van der Waals surface area contributed by atoms with Gasteiger partial charge in [-0.1, -0.05) is 0 Å². The minimum absolute atomic E-state index is 0.254. The molecule has 6 heteroatoms. The molecule has 0 aromatic heterocycles. The van der Waals surface area contributed by atoms with Crippen LogP contribution in [0.25, 0.3) is 0 Å². The summed E-state index contributed by atoms with van der Waals surface area (Å²) in [7, 11) is 0. The standard InChI is InChI=1S/C8H15N3O3/c1-3-14-7(12)5-4-6(2)10-11-8(9)13/h3-5H2,1-2H3,(H3,9,11,13)/b10-6+. The maximum absolute atomic E-state index is 10.9. The molecule has 0 aromatic rings. The second kappa shape index (κ2) is 6.88. The fourth-order valence-corrected chi connectivity index (χ4v) is 0.723. The highest BCUT2D eigenvalue weighted by atomic mass is 16.5. The van der Waals surface area contributed by atoms with Crippen molar-refractivity contribution in [1.82, 2.24) is 5.43 Å². The molecule has 2 amide bonds. The average molecular weight is 201 g/mol. The minimum atomic E-state index is -0.722. The Labute approximate surface area is 82.5 Å². The Morgan fingerprint density at radius 2 is 2.07 bits per heavy atom. The lowest BCUT2D eigenvalue weighted by molar-refractivity contribution is -0.142. The molecule has 0 unspecified atom stereocenters. The maximum Gasteiger partial charge on any atom is 0.332 e. The van der Waals surface area contributed by atoms with Gasteiger partial charge >= 0.3 is 12.0 Å². The summed E-state index contributed by atoms with van der Waals surface area (Å²) in [6.07, 6.45) is 0.697. The van der Waals surface area contributed by atoms with Gasteiger partial charge in [-0.2, -0.15) is 5.10 Å². The first-order chi connectivity index (χ1) is 6.56. The number of hydrazone groups is 1. The molecule has 0 aliphatic rings. The molecule has 0 atom stereocenters. The van der Waals surface area contributed by atoms with E-state index in [1.807, 2.05) is 0 Å². The Balaban J connectivity index is 3.72. The second-order valence-corrected chi connectivity index (χ2v) is 2.63. The number of urea groups is 1. The Hall–Kier alpha value is -1.59. The zero-order valence-electron chi connectivity index (χ0n) is 8.37. The van der Waals surface area contributed by atoms with Crippen LogP contribution in [-0.4, -0.2) is 24.3 Å². The topological polar surface area (TPSA) is 93.8 Å². The molecule has 0 saturated carbocycles. The van der Waals surface area contributed by atoms with Gasteiger partial charge < -0.3 is 10.5 Å². The third-order valence-corrected chi connectivity index (χ3v) is 1.35. The fourth-order valence-electron chi connectivity index (χ4n) is 0.723. The van der Waals surface area contributed by atoms with Gasteiger partial charge in [0.25, 0.3) is 0 Å². The van der Waals surface area contributed by atoms with Gasteiger partial charge in [0.1, 0.15) is 0 Å². The molecular formula is C8H15N3O3. The zero-order chi connectivity index (χ0) is 11.0. The number of primary amides is 1. The molecule has 0 fully saturated rings. The van der Waals surface area contributed by atoms with Gasteiger partial charge in [-0.05, 0) is 20.3 Å². The molecule has 0 heterocycles. The Morgan fingerprint density at radius 1 is 1.43 bits per heavy atom. The van der Waals surface area contributed by atoms with E-state index in [2.05, 4.69) is 10.5 Å². The van der Waals surface area contributed by atoms with Crippen LogP contribution in [0.5, 0.6) is 0 Å². The van der Waals surface area contributed by atoms with Crippen molar-refractivity contribution >= 4 is 17.7 Å². The third-order valence-electron chi connectivity index (χ3n) is 1.35. The van der Waals surface area contributed by atoms with Gasteiger partial charge in [-0.25, -0.2) is 10.2 Å². The predicted octanol–water partition coefficient (Wildman–Crippen LogP) is 0.374. The molecule has 3 N–H and O–H groups in total. The monoisotopic (exact) mass is 201 g/mol. The van der Waals surface area contributed by atoms with Crippen molar-refractivity contribution in [3.8, 4) is 0 Å². The van der Waals surface area contributed by atoms with Gasteiger partial charge in [-0.15, -0.1) is 0 Å². The van der Waals surface area contributed by atoms with Crippen molar-refractivity contribution in [3.63, 3.8) is 0 Å². The summed E-state index contributed by atoms with van der Waals surface area (Å²) in [6, 6.07) is -0.722. The van der Waals surface area contributed by atoms with E-state index in [0.717, 1.165) is 0 Å². The first-order valence-electron chi connectivity index (χ1n) is 4.30. The molecular weight excluding hydrogens is 186 g/mol. The number of hydrogen-bond acceptors (Lipinski definition) is 4. The molecule has 0 aliphatic carbocycles. The lowest BCUT2D eigenvalue weighted by Gasteiger charge is -2.01. The van der Waals surface area contributed by atoms with E-state index in [4.69, 9.17) is 10.5 Å². The van der Waals surface area contributed by atoms with Crippen molar-refractivity contribution in [2.24, 2.45) is 10.8 Å². The number of amides is 2. The van der Waals surface area contributed by atoms with Gasteiger partial charge in [-0.3, -0.25) is 4.79 Å². The third kappa shape index (κ3) is 7.08. The van der Waals surface area contributed by atoms with E-state index in [1.165, 1.54) is 0 Å². The van der Waals surface area contributed by atoms with Crippen LogP contribution in [0.3, 0.4) is 0 Å². The lowest BCUT2D eigenvalue weighted by atomic mass is 10.2. The molecule has 6 nitrogen and oxygen atoms in total. The molecule has 0 aromatic carbocycles. The largest absolute Gasteiger partial charge is 0.466 e. The van der Waals surface area contributed by atoms with Crippen LogP contribution < -0.4 is 11.2 Å². The van der Waals surface area contributed by atoms with Crippen molar-refractivity contribution in [2.75, 3.05) is 6.61 Å². The summed E-state index contributed by atoms with van der Waals surface area (Å²) < 4.78 is 4.71. The number of nitrogens with zero attached hydrogens (tertiary/aromatic N) is 1. The van der Waals surface area contributed by atoms with Crippen molar-refractivity contribution in [1.29, 1.82) is 0 Å². The molecule has 14 heavy (non-hydrogen) atoms. The zero-order valence-corrected chi connectivity index (χ0v) is 8.37. The van der Waals surface area contributed by atoms with Crippen LogP contribution in [0, 0.1) is 0 Å². The van der Waals surface area contributed by atoms with Gasteiger partial charge in [0.15, 0.2) is 0 Å². The number of nitrogens with two attached hydrogens (primary N) is 1. The number of nitrogens with one attached hydrogen (secondary N) is 1. The summed E-state index contributed by atoms with van der Waals surface area (Å²) in [5, 5.41) is 3.64. The molecule has 0 radical (unpaired) electrons. The van der Waals surface area contributed by atoms with Crippen LogP contribution >= 0.6 is 0 Å². The number of ether oxygens (including phenoxy) is 1. The quantitative estimate of drug-likeness (QED) is 0.382. The number of esters is 1. The average Bonchev–Trinajstić information content (AvgIpc) is 2.12. The Morgan fingerprint density at radius 3 is 2.57 bits per heavy atom. The van der Waals surface area contributed by atoms with E-state index < -0.39 is 6.03 Å². The molecule has 0 aliphatic heterocycles. The molecule has 0 rings (SSSR count). The van der Waals surface area contributed by atoms with Gasteiger partial charge in [0.2, 0.25) is 0 Å². The molecule has 0 bridgehead atoms. The maximum atomic E-state index is 10.9. The SMILES string of the molecule is CCOC(=O)CC/C(C)=N/NC(N)=O. The fraction of sp³-hybridized carbons (Fsp3) is 0.625. The van der Waals surface area contributed by atoms with Gasteiger partial charge in [0.05, 0.1) is 13.0 Å². The van der Waals surface area contributed by atoms with Crippen LogP contribution in [-0.2, 0) is 9.53 Å². The first-order valence-corrected chi connectivity index (χ1v) is 4.30. The van der Waals surface area contributed by atoms with Crippen molar-refractivity contribution in [2.45, 2.75) is 26.7 Å². The highest BCUT2D eigenvalue weighted by Gasteiger charge is 2.02. The van der Waals surface area contributed by atoms with Crippen LogP contribution in [0.4, 0.5) is 4.79 Å². The number of carbonyl (C=O) groups is 2. The number of hydrogen-bond donors (Lipinski definition) is 2. The van der Waals surface area contributed by atoms with E-state index in [-0.39, 0.29) is 12.4 Å². The highest BCUT2D eigenvalue weighted by Crippen LogP contribution is 1.95. The van der Waals surface area contributed by atoms with Crippen LogP contribution in [0.15, 0.2) is 5.10 Å². The summed E-state index contributed by atoms with van der Waals surface area (Å²) in [5.74, 6) is -0.277. The van der Waals surface area contributed by atoms with Gasteiger partial charge in [0, 0.05) is 5.71 Å². The predicted molar refractivity (Wildman–Crippen MR) is 51.7 cm³/mol. The summed E-state index contributed by atoms with van der Waals surface area (Å²) >= 11 is 0. The van der Waals surface area contributed by atoms with Crippen molar-refractivity contribution in [3.05, 3.63) is 0 Å². The Bertz CT molecular complexity index is 238. The molecule has 0 spiro atoms. The summed E-state index contributed by atoms with van der Waals surface area (Å²) in [4.78, 5) is 21.2. The van der Waals surface area contributed by atoms with E-state index in [0.29, 0.717) is 18.7 Å². The summed E-state index contributed by atoms with van der Waals surface area (Å²) in [6.45, 7) is 3.80. The van der Waals surface area contributed by atoms with E-state index >= 15 is 0 Å². The summed E-state index contributed by atoms with van der Waals surface area (Å²) in [5.41, 5.74) is 7.49. The minimum Gasteiger partial charge on any atom is -0.466 e. The lowest BCUT2D eigenvalue weighted by Crippen LogP contribution is -2.25. The number of rotatable bonds is 5. The van der Waals surface area contributed by atoms with Crippen LogP contribution in [0.2, 0.25) is 0 Å². The normalized spacial score (nSPS) is 10.9. The second-order valence-electron chi connectivity index (χ2n) is 2.63. The molecule has 80 valence electrons. The smallest absolute Gasteiger partial charge is 0.332 e. The van der Waals surface area contributed by atoms with E-state index in [1.54, 1.807) is 13.8 Å². The van der Waals surface area contributed by atoms with E-state index in [9.17, 15) is 9.59 Å². The van der Waals surface area contributed by atoms with Crippen molar-refractivity contribution < 1.29 is 14.3 Å². The number of carbonyl (C=O) groups excluding carboxylic acids is 2. The first kappa shape index (κ1) is 12.4.